The molecule has 0 unspecified atom stereocenters. The normalized spacial score (nSPS) is 16.8. The van der Waals surface area contributed by atoms with Gasteiger partial charge in [0.05, 0.1) is 5.69 Å². The first-order valence-electron chi connectivity index (χ1n) is 8.76. The Morgan fingerprint density at radius 2 is 1.85 bits per heavy atom. The molecule has 132 valence electrons. The number of hydrogen-bond donors (Lipinski definition) is 0. The molecule has 0 spiro atoms. The molecule has 1 aromatic heterocycles. The summed E-state index contributed by atoms with van der Waals surface area (Å²) < 4.78 is 14.7. The van der Waals surface area contributed by atoms with E-state index in [-0.39, 0.29) is 11.7 Å². The van der Waals surface area contributed by atoms with Crippen molar-refractivity contribution in [3.05, 3.63) is 77.7 Å². The lowest BCUT2D eigenvalue weighted by molar-refractivity contribution is 0.0780. The summed E-state index contributed by atoms with van der Waals surface area (Å²) in [6.07, 6.45) is 0.971. The Hall–Kier alpha value is -2.95. The van der Waals surface area contributed by atoms with Crippen LogP contribution < -0.4 is 0 Å². The minimum absolute atomic E-state index is 0.00760. The van der Waals surface area contributed by atoms with E-state index in [0.29, 0.717) is 17.3 Å². The summed E-state index contributed by atoms with van der Waals surface area (Å²) in [7, 11) is 1.77. The van der Waals surface area contributed by atoms with Gasteiger partial charge < -0.3 is 4.90 Å². The van der Waals surface area contributed by atoms with Crippen LogP contribution in [0.2, 0.25) is 0 Å². The highest BCUT2D eigenvalue weighted by molar-refractivity contribution is 5.94. The highest BCUT2D eigenvalue weighted by Gasteiger charge is 2.29. The van der Waals surface area contributed by atoms with Crippen LogP contribution in [0.25, 0.3) is 11.3 Å². The molecule has 4 rings (SSSR count). The predicted molar refractivity (Wildman–Crippen MR) is 98.3 cm³/mol. The summed E-state index contributed by atoms with van der Waals surface area (Å²) in [5, 5.41) is 4.43. The van der Waals surface area contributed by atoms with Crippen LogP contribution in [0.3, 0.4) is 0 Å². The Morgan fingerprint density at radius 3 is 2.58 bits per heavy atom. The summed E-state index contributed by atoms with van der Waals surface area (Å²) in [5.41, 5.74) is 3.30. The monoisotopic (exact) mass is 349 g/mol. The van der Waals surface area contributed by atoms with Crippen molar-refractivity contribution < 1.29 is 9.18 Å². The van der Waals surface area contributed by atoms with E-state index >= 15 is 0 Å². The number of amides is 1. The van der Waals surface area contributed by atoms with Crippen molar-refractivity contribution in [3.8, 4) is 11.3 Å². The predicted octanol–water partition coefficient (Wildman–Crippen LogP) is 3.86. The first-order valence-corrected chi connectivity index (χ1v) is 8.76. The van der Waals surface area contributed by atoms with Crippen LogP contribution >= 0.6 is 0 Å². The van der Waals surface area contributed by atoms with Gasteiger partial charge in [-0.3, -0.25) is 9.48 Å². The van der Waals surface area contributed by atoms with E-state index in [2.05, 4.69) is 17.2 Å². The fraction of sp³-hybridized carbons (Fsp3) is 0.238. The van der Waals surface area contributed by atoms with Crippen LogP contribution in [-0.2, 0) is 7.05 Å². The first kappa shape index (κ1) is 16.5. The van der Waals surface area contributed by atoms with Gasteiger partial charge in [-0.15, -0.1) is 0 Å². The number of carbonyl (C=O) groups excluding carboxylic acids is 1. The molecule has 1 amide bonds. The second-order valence-corrected chi connectivity index (χ2v) is 6.69. The molecular formula is C21H20FN3O. The number of halogens is 1. The Balaban J connectivity index is 1.53. The largest absolute Gasteiger partial charge is 0.337 e. The molecule has 3 aromatic rings. The van der Waals surface area contributed by atoms with Crippen LogP contribution in [0.1, 0.15) is 28.4 Å². The lowest BCUT2D eigenvalue weighted by atomic mass is 9.99. The molecule has 2 aromatic carbocycles. The van der Waals surface area contributed by atoms with Gasteiger partial charge >= 0.3 is 0 Å². The third kappa shape index (κ3) is 3.12. The molecule has 1 atom stereocenters. The molecule has 0 bridgehead atoms. The zero-order chi connectivity index (χ0) is 18.1. The molecule has 0 N–H and O–H groups in total. The lowest BCUT2D eigenvalue weighted by Gasteiger charge is -2.16. The quantitative estimate of drug-likeness (QED) is 0.720. The summed E-state index contributed by atoms with van der Waals surface area (Å²) in [6.45, 7) is 1.47. The van der Waals surface area contributed by atoms with Crippen LogP contribution in [0.15, 0.2) is 60.7 Å². The maximum absolute atomic E-state index is 13.1. The lowest BCUT2D eigenvalue weighted by Crippen LogP contribution is -2.30. The van der Waals surface area contributed by atoms with Crippen LogP contribution in [0, 0.1) is 5.82 Å². The maximum atomic E-state index is 13.1. The van der Waals surface area contributed by atoms with Gasteiger partial charge in [0, 0.05) is 31.6 Å². The Morgan fingerprint density at radius 1 is 1.12 bits per heavy atom. The standard InChI is InChI=1S/C21H20FN3O/c1-24-20(13-19(23-24)16-7-9-18(22)10-8-16)21(26)25-12-11-17(14-25)15-5-3-2-4-6-15/h2-10,13,17H,11-12,14H2,1H3/t17-/m0/s1. The van der Waals surface area contributed by atoms with Gasteiger partial charge in [0.25, 0.3) is 5.91 Å². The van der Waals surface area contributed by atoms with Gasteiger partial charge in [-0.05, 0) is 42.3 Å². The second kappa shape index (κ2) is 6.75. The van der Waals surface area contributed by atoms with Gasteiger partial charge in [-0.2, -0.15) is 5.10 Å². The second-order valence-electron chi connectivity index (χ2n) is 6.69. The first-order chi connectivity index (χ1) is 12.6. The number of hydrogen-bond acceptors (Lipinski definition) is 2. The van der Waals surface area contributed by atoms with Crippen molar-refractivity contribution in [3.63, 3.8) is 0 Å². The number of rotatable bonds is 3. The van der Waals surface area contributed by atoms with Gasteiger partial charge in [0.1, 0.15) is 11.5 Å². The molecule has 26 heavy (non-hydrogen) atoms. The number of nitrogens with zero attached hydrogens (tertiary/aromatic N) is 3. The summed E-state index contributed by atoms with van der Waals surface area (Å²) in [5.74, 6) is 0.0849. The van der Waals surface area contributed by atoms with E-state index in [1.54, 1.807) is 29.9 Å². The van der Waals surface area contributed by atoms with E-state index in [0.717, 1.165) is 25.1 Å². The average Bonchev–Trinajstić information content (AvgIpc) is 3.30. The van der Waals surface area contributed by atoms with E-state index in [9.17, 15) is 9.18 Å². The number of aryl methyl sites for hydroxylation is 1. The zero-order valence-electron chi connectivity index (χ0n) is 14.6. The van der Waals surface area contributed by atoms with Gasteiger partial charge in [-0.25, -0.2) is 4.39 Å². The van der Waals surface area contributed by atoms with Crippen molar-refractivity contribution in [2.45, 2.75) is 12.3 Å². The Bertz CT molecular complexity index is 918. The van der Waals surface area contributed by atoms with Crippen molar-refractivity contribution in [2.75, 3.05) is 13.1 Å². The Labute approximate surface area is 151 Å². The fourth-order valence-electron chi connectivity index (χ4n) is 3.53. The molecule has 1 fully saturated rings. The van der Waals surface area contributed by atoms with E-state index in [1.807, 2.05) is 23.1 Å². The highest BCUT2D eigenvalue weighted by atomic mass is 19.1. The molecule has 0 saturated carbocycles. The molecule has 5 heteroatoms. The molecule has 4 nitrogen and oxygen atoms in total. The van der Waals surface area contributed by atoms with Gasteiger partial charge in [-0.1, -0.05) is 30.3 Å². The number of aromatic nitrogens is 2. The number of carbonyl (C=O) groups is 1. The molecule has 2 heterocycles. The van der Waals surface area contributed by atoms with E-state index in [4.69, 9.17) is 0 Å². The van der Waals surface area contributed by atoms with Gasteiger partial charge in [0.15, 0.2) is 0 Å². The summed E-state index contributed by atoms with van der Waals surface area (Å²) >= 11 is 0. The molecule has 1 aliphatic heterocycles. The highest BCUT2D eigenvalue weighted by Crippen LogP contribution is 2.28. The molecule has 0 aliphatic carbocycles. The average molecular weight is 349 g/mol. The van der Waals surface area contributed by atoms with Crippen molar-refractivity contribution in [1.29, 1.82) is 0 Å². The maximum Gasteiger partial charge on any atom is 0.272 e. The molecule has 1 saturated heterocycles. The van der Waals surface area contributed by atoms with Crippen molar-refractivity contribution in [1.82, 2.24) is 14.7 Å². The minimum atomic E-state index is -0.287. The van der Waals surface area contributed by atoms with E-state index in [1.165, 1.54) is 17.7 Å². The molecular weight excluding hydrogens is 329 g/mol. The molecule has 0 radical (unpaired) electrons. The zero-order valence-corrected chi connectivity index (χ0v) is 14.6. The van der Waals surface area contributed by atoms with Crippen LogP contribution in [0.5, 0.6) is 0 Å². The summed E-state index contributed by atoms with van der Waals surface area (Å²) in [4.78, 5) is 14.8. The Kier molecular flexibility index (Phi) is 4.29. The smallest absolute Gasteiger partial charge is 0.272 e. The van der Waals surface area contributed by atoms with Gasteiger partial charge in [0.2, 0.25) is 0 Å². The number of benzene rings is 2. The molecule has 1 aliphatic rings. The minimum Gasteiger partial charge on any atom is -0.337 e. The third-order valence-electron chi connectivity index (χ3n) is 4.99. The topological polar surface area (TPSA) is 38.1 Å². The third-order valence-corrected chi connectivity index (χ3v) is 4.99. The van der Waals surface area contributed by atoms with Crippen molar-refractivity contribution >= 4 is 5.91 Å². The fourth-order valence-corrected chi connectivity index (χ4v) is 3.53. The van der Waals surface area contributed by atoms with Crippen LogP contribution in [-0.4, -0.2) is 33.7 Å². The SMILES string of the molecule is Cn1nc(-c2ccc(F)cc2)cc1C(=O)N1CC[C@H](c2ccccc2)C1. The number of likely N-dealkylation sites (tertiary alicyclic amines) is 1. The van der Waals surface area contributed by atoms with Crippen molar-refractivity contribution in [2.24, 2.45) is 7.05 Å². The summed E-state index contributed by atoms with van der Waals surface area (Å²) in [6, 6.07) is 18.3. The van der Waals surface area contributed by atoms with E-state index < -0.39 is 0 Å². The van der Waals surface area contributed by atoms with Crippen LogP contribution in [0.4, 0.5) is 4.39 Å².